The van der Waals surface area contributed by atoms with Crippen LogP contribution in [0.5, 0.6) is 0 Å². The molecule has 0 N–H and O–H groups in total. The molecule has 2 aromatic heterocycles. The fourth-order valence-corrected chi connectivity index (χ4v) is 4.94. The van der Waals surface area contributed by atoms with Crippen molar-refractivity contribution in [1.29, 1.82) is 0 Å². The lowest BCUT2D eigenvalue weighted by Gasteiger charge is -2.28. The molecule has 0 spiro atoms. The minimum atomic E-state index is -0.396. The van der Waals surface area contributed by atoms with Crippen LogP contribution in [0.15, 0.2) is 36.4 Å². The van der Waals surface area contributed by atoms with Gasteiger partial charge >= 0.3 is 0 Å². The molecule has 0 atom stereocenters. The van der Waals surface area contributed by atoms with E-state index < -0.39 is 5.95 Å². The topological polar surface area (TPSA) is 46.8 Å². The molecule has 0 unspecified atom stereocenters. The molecule has 3 heterocycles. The van der Waals surface area contributed by atoms with Gasteiger partial charge in [0.25, 0.3) is 0 Å². The summed E-state index contributed by atoms with van der Waals surface area (Å²) >= 11 is 6.26. The number of benzene rings is 1. The maximum atomic E-state index is 13.5. The third-order valence-electron chi connectivity index (χ3n) is 6.14. The Hall–Kier alpha value is -2.31. The zero-order valence-electron chi connectivity index (χ0n) is 16.4. The molecule has 0 bridgehead atoms. The summed E-state index contributed by atoms with van der Waals surface area (Å²) in [5.74, 6) is 2.26. The van der Waals surface area contributed by atoms with Gasteiger partial charge in [0.15, 0.2) is 5.82 Å². The van der Waals surface area contributed by atoms with Crippen LogP contribution in [0.25, 0.3) is 5.69 Å². The van der Waals surface area contributed by atoms with Crippen LogP contribution in [0.2, 0.25) is 5.02 Å². The Balaban J connectivity index is 1.44. The van der Waals surface area contributed by atoms with Gasteiger partial charge in [-0.05, 0) is 68.6 Å². The molecule has 2 aliphatic rings. The zero-order valence-corrected chi connectivity index (χ0v) is 17.1. The normalized spacial score (nSPS) is 22.0. The minimum Gasteiger partial charge on any atom is -0.295 e. The molecule has 1 aliphatic heterocycles. The highest BCUT2D eigenvalue weighted by molar-refractivity contribution is 6.30. The predicted octanol–water partition coefficient (Wildman–Crippen LogP) is 4.84. The van der Waals surface area contributed by atoms with Crippen molar-refractivity contribution in [3.8, 4) is 5.69 Å². The second-order valence-corrected chi connectivity index (χ2v) is 8.63. The zero-order chi connectivity index (χ0) is 20.0. The largest absolute Gasteiger partial charge is 0.295 e. The first-order valence-electron chi connectivity index (χ1n) is 10.1. The summed E-state index contributed by atoms with van der Waals surface area (Å²) in [6, 6.07) is 11.1. The summed E-state index contributed by atoms with van der Waals surface area (Å²) < 4.78 is 15.7. The second-order valence-electron chi connectivity index (χ2n) is 8.19. The van der Waals surface area contributed by atoms with Crippen LogP contribution in [0.3, 0.4) is 0 Å². The first-order valence-corrected chi connectivity index (χ1v) is 10.5. The van der Waals surface area contributed by atoms with Crippen LogP contribution in [0.4, 0.5) is 4.39 Å². The van der Waals surface area contributed by atoms with E-state index in [1.807, 2.05) is 18.2 Å². The van der Waals surface area contributed by atoms with Gasteiger partial charge in [-0.15, -0.1) is 10.2 Å². The van der Waals surface area contributed by atoms with Crippen LogP contribution in [-0.4, -0.2) is 31.7 Å². The Bertz CT molecular complexity index is 1040. The standard InChI is InChI=1S/C22H23ClFN5/c1-28-12-16-11-17(23)9-10-19(16)29-21(13-28)26-27-22(29)15-7-5-14(6-8-15)18-3-2-4-20(24)25-18/h2-4,9-11,14-15H,5-8,12-13H2,1H3. The van der Waals surface area contributed by atoms with Gasteiger partial charge in [0.05, 0.1) is 12.2 Å². The Morgan fingerprint density at radius 2 is 1.79 bits per heavy atom. The van der Waals surface area contributed by atoms with Gasteiger partial charge in [0.1, 0.15) is 5.82 Å². The number of rotatable bonds is 2. The van der Waals surface area contributed by atoms with Crippen LogP contribution in [0, 0.1) is 5.95 Å². The summed E-state index contributed by atoms with van der Waals surface area (Å²) in [5, 5.41) is 9.89. The van der Waals surface area contributed by atoms with E-state index in [-0.39, 0.29) is 0 Å². The van der Waals surface area contributed by atoms with Crippen molar-refractivity contribution in [1.82, 2.24) is 24.6 Å². The molecule has 5 rings (SSSR count). The van der Waals surface area contributed by atoms with Gasteiger partial charge in [-0.3, -0.25) is 9.47 Å². The molecule has 29 heavy (non-hydrogen) atoms. The van der Waals surface area contributed by atoms with Crippen LogP contribution in [0.1, 0.15) is 60.4 Å². The van der Waals surface area contributed by atoms with Gasteiger partial charge in [0.2, 0.25) is 5.95 Å². The molecule has 5 nitrogen and oxygen atoms in total. The van der Waals surface area contributed by atoms with Gasteiger partial charge in [0, 0.05) is 29.1 Å². The highest BCUT2D eigenvalue weighted by Gasteiger charge is 2.31. The third kappa shape index (κ3) is 3.55. The van der Waals surface area contributed by atoms with Crippen LogP contribution < -0.4 is 0 Å². The molecule has 0 radical (unpaired) electrons. The Morgan fingerprint density at radius 3 is 2.59 bits per heavy atom. The van der Waals surface area contributed by atoms with E-state index >= 15 is 0 Å². The lowest BCUT2D eigenvalue weighted by atomic mass is 9.80. The number of fused-ring (bicyclic) bond motifs is 3. The summed E-state index contributed by atoms with van der Waals surface area (Å²) in [4.78, 5) is 6.33. The summed E-state index contributed by atoms with van der Waals surface area (Å²) in [6.45, 7) is 1.58. The molecular weight excluding hydrogens is 389 g/mol. The van der Waals surface area contributed by atoms with Crippen molar-refractivity contribution in [2.45, 2.75) is 50.6 Å². The van der Waals surface area contributed by atoms with Crippen molar-refractivity contribution in [3.05, 3.63) is 70.3 Å². The molecule has 0 amide bonds. The monoisotopic (exact) mass is 411 g/mol. The first-order chi connectivity index (χ1) is 14.1. The predicted molar refractivity (Wildman–Crippen MR) is 110 cm³/mol. The quantitative estimate of drug-likeness (QED) is 0.566. The second kappa shape index (κ2) is 7.50. The molecule has 150 valence electrons. The van der Waals surface area contributed by atoms with Gasteiger partial charge in [-0.2, -0.15) is 4.39 Å². The Morgan fingerprint density at radius 1 is 1.00 bits per heavy atom. The smallest absolute Gasteiger partial charge is 0.213 e. The number of hydrogen-bond donors (Lipinski definition) is 0. The van der Waals surface area contributed by atoms with Crippen molar-refractivity contribution in [3.63, 3.8) is 0 Å². The van der Waals surface area contributed by atoms with Gasteiger partial charge < -0.3 is 0 Å². The SMILES string of the molecule is CN1Cc2cc(Cl)ccc2-n2c(nnc2C2CCC(c3cccc(F)n3)CC2)C1. The van der Waals surface area contributed by atoms with Crippen LogP contribution in [-0.2, 0) is 13.1 Å². The van der Waals surface area contributed by atoms with Crippen LogP contribution >= 0.6 is 11.6 Å². The first kappa shape index (κ1) is 18.7. The molecule has 1 saturated carbocycles. The number of aromatic nitrogens is 4. The van der Waals surface area contributed by atoms with Gasteiger partial charge in [-0.25, -0.2) is 4.98 Å². The van der Waals surface area contributed by atoms with E-state index in [1.165, 1.54) is 11.6 Å². The van der Waals surface area contributed by atoms with E-state index in [0.717, 1.165) is 66.8 Å². The molecular formula is C22H23ClFN5. The van der Waals surface area contributed by atoms with E-state index in [0.29, 0.717) is 11.8 Å². The lowest BCUT2D eigenvalue weighted by molar-refractivity contribution is 0.315. The Kier molecular flexibility index (Phi) is 4.84. The summed E-state index contributed by atoms with van der Waals surface area (Å²) in [5.41, 5.74) is 3.19. The van der Waals surface area contributed by atoms with E-state index in [1.54, 1.807) is 6.07 Å². The lowest BCUT2D eigenvalue weighted by Crippen LogP contribution is -2.17. The number of hydrogen-bond acceptors (Lipinski definition) is 4. The molecule has 1 aliphatic carbocycles. The summed E-state index contributed by atoms with van der Waals surface area (Å²) in [7, 11) is 2.09. The fraction of sp³-hybridized carbons (Fsp3) is 0.409. The highest BCUT2D eigenvalue weighted by atomic mass is 35.5. The van der Waals surface area contributed by atoms with Crippen molar-refractivity contribution < 1.29 is 4.39 Å². The van der Waals surface area contributed by atoms with Crippen molar-refractivity contribution in [2.24, 2.45) is 0 Å². The molecule has 3 aromatic rings. The minimum absolute atomic E-state index is 0.311. The van der Waals surface area contributed by atoms with Crippen molar-refractivity contribution in [2.75, 3.05) is 7.05 Å². The molecule has 1 aromatic carbocycles. The number of pyridine rings is 1. The number of nitrogens with zero attached hydrogens (tertiary/aromatic N) is 5. The molecule has 7 heteroatoms. The molecule has 0 saturated heterocycles. The average Bonchev–Trinajstić information content (AvgIpc) is 3.05. The Labute approximate surface area is 174 Å². The third-order valence-corrected chi connectivity index (χ3v) is 6.37. The summed E-state index contributed by atoms with van der Waals surface area (Å²) in [6.07, 6.45) is 3.97. The van der Waals surface area contributed by atoms with E-state index in [4.69, 9.17) is 11.6 Å². The maximum absolute atomic E-state index is 13.5. The van der Waals surface area contributed by atoms with Crippen molar-refractivity contribution >= 4 is 11.6 Å². The molecule has 1 fully saturated rings. The highest BCUT2D eigenvalue weighted by Crippen LogP contribution is 2.41. The maximum Gasteiger partial charge on any atom is 0.213 e. The van der Waals surface area contributed by atoms with E-state index in [9.17, 15) is 4.39 Å². The fourth-order valence-electron chi connectivity index (χ4n) is 4.75. The van der Waals surface area contributed by atoms with E-state index in [2.05, 4.69) is 37.8 Å². The van der Waals surface area contributed by atoms with Gasteiger partial charge in [-0.1, -0.05) is 17.7 Å². The number of halogens is 2. The average molecular weight is 412 g/mol.